The smallest absolute Gasteiger partial charge is 0.255 e. The molecule has 0 bridgehead atoms. The van der Waals surface area contributed by atoms with Gasteiger partial charge in [0.15, 0.2) is 0 Å². The molecule has 11 heteroatoms. The van der Waals surface area contributed by atoms with Crippen molar-refractivity contribution in [2.24, 2.45) is 4.99 Å². The van der Waals surface area contributed by atoms with Crippen LogP contribution in [0.5, 0.6) is 5.75 Å². The van der Waals surface area contributed by atoms with Crippen LogP contribution in [-0.4, -0.2) is 59.3 Å². The number of anilines is 2. The number of carbonyl (C=O) groups excluding carboxylic acids is 1. The molecular weight excluding hydrogens is 614 g/mol. The lowest BCUT2D eigenvalue weighted by molar-refractivity contribution is 0.0662. The number of aromatic nitrogens is 2. The number of fused-ring (bicyclic) bond motifs is 3. The maximum Gasteiger partial charge on any atom is 0.255 e. The zero-order valence-corrected chi connectivity index (χ0v) is 26.1. The predicted octanol–water partition coefficient (Wildman–Crippen LogP) is 7.54. The summed E-state index contributed by atoms with van der Waals surface area (Å²) in [5.74, 6) is 0.154. The Hall–Kier alpha value is -4.05. The van der Waals surface area contributed by atoms with E-state index in [0.717, 1.165) is 24.0 Å². The third-order valence-electron chi connectivity index (χ3n) is 8.41. The number of nitrogens with zero attached hydrogens (tertiary/aromatic N) is 4. The summed E-state index contributed by atoms with van der Waals surface area (Å²) < 4.78 is 20.7. The number of rotatable bonds is 6. The molecule has 6 rings (SSSR count). The molecule has 0 spiro atoms. The molecule has 0 atom stereocenters. The van der Waals surface area contributed by atoms with E-state index in [1.165, 1.54) is 13.2 Å². The molecule has 1 fully saturated rings. The molecule has 2 aliphatic rings. The first-order valence-electron chi connectivity index (χ1n) is 14.3. The van der Waals surface area contributed by atoms with Crippen molar-refractivity contribution in [2.45, 2.75) is 39.3 Å². The first-order chi connectivity index (χ1) is 21.2. The van der Waals surface area contributed by atoms with E-state index < -0.39 is 5.82 Å². The van der Waals surface area contributed by atoms with Crippen molar-refractivity contribution < 1.29 is 13.9 Å². The number of carbonyl (C=O) groups is 1. The van der Waals surface area contributed by atoms with Gasteiger partial charge in [-0.25, -0.2) is 14.4 Å². The highest BCUT2D eigenvalue weighted by atomic mass is 35.5. The summed E-state index contributed by atoms with van der Waals surface area (Å²) in [6.45, 7) is 3.72. The predicted molar refractivity (Wildman–Crippen MR) is 179 cm³/mol. The van der Waals surface area contributed by atoms with Crippen molar-refractivity contribution in [3.8, 4) is 17.0 Å². The number of nitrogens with one attached hydrogen (secondary N) is 2. The second kappa shape index (κ2) is 13.1. The second-order valence-corrected chi connectivity index (χ2v) is 12.0. The first-order valence-corrected chi connectivity index (χ1v) is 15.0. The van der Waals surface area contributed by atoms with Gasteiger partial charge >= 0.3 is 0 Å². The average molecular weight is 650 g/mol. The van der Waals surface area contributed by atoms with Crippen LogP contribution < -0.4 is 15.4 Å². The van der Waals surface area contributed by atoms with Gasteiger partial charge in [-0.2, -0.15) is 0 Å². The molecule has 2 aliphatic heterocycles. The number of amides is 1. The SMILES string of the molecule is C.CNC1(C)CCN(C(=O)c2ccc(Nc3ncc4c(n3)-c3ccc(Cl)cc3C(c3c(F)cccc3OC)=NC4)cc2Cl)CC1. The minimum Gasteiger partial charge on any atom is -0.496 e. The molecule has 1 saturated heterocycles. The van der Waals surface area contributed by atoms with Gasteiger partial charge in [0.2, 0.25) is 5.95 Å². The van der Waals surface area contributed by atoms with Crippen molar-refractivity contribution in [3.05, 3.63) is 98.9 Å². The van der Waals surface area contributed by atoms with E-state index in [1.54, 1.807) is 48.7 Å². The molecule has 45 heavy (non-hydrogen) atoms. The molecular formula is C34H35Cl2FN6O2. The van der Waals surface area contributed by atoms with Gasteiger partial charge in [-0.3, -0.25) is 9.79 Å². The van der Waals surface area contributed by atoms with E-state index in [9.17, 15) is 4.79 Å². The van der Waals surface area contributed by atoms with Crippen molar-refractivity contribution in [2.75, 3.05) is 32.6 Å². The number of methoxy groups -OCH3 is 1. The summed E-state index contributed by atoms with van der Waals surface area (Å²) in [6, 6.07) is 15.2. The van der Waals surface area contributed by atoms with E-state index >= 15 is 4.39 Å². The van der Waals surface area contributed by atoms with E-state index in [2.05, 4.69) is 22.5 Å². The minimum absolute atomic E-state index is 0. The highest BCUT2D eigenvalue weighted by Crippen LogP contribution is 2.36. The Labute approximate surface area is 272 Å². The standard InChI is InChI=1S/C33H31Cl2FN6O2.CH4/c1-33(37-2)11-13-42(14-12-33)31(43)23-10-8-21(16-25(23)35)40-32-39-18-19-17-38-30(28-26(36)5-4-6-27(28)44-3)24-15-20(34)7-9-22(24)29(19)41-32;/h4-10,15-16,18,37H,11-14,17H2,1-3H3,(H,39,40,41);1H4. The lowest BCUT2D eigenvalue weighted by Gasteiger charge is -2.39. The number of hydrogen-bond acceptors (Lipinski definition) is 7. The molecule has 1 amide bonds. The van der Waals surface area contributed by atoms with Crippen LogP contribution in [0.1, 0.15) is 54.2 Å². The van der Waals surface area contributed by atoms with Gasteiger partial charge in [0, 0.05) is 52.2 Å². The number of piperidine rings is 1. The van der Waals surface area contributed by atoms with E-state index in [-0.39, 0.29) is 31.0 Å². The Morgan fingerprint density at radius 3 is 2.56 bits per heavy atom. The van der Waals surface area contributed by atoms with Crippen molar-refractivity contribution in [3.63, 3.8) is 0 Å². The molecule has 3 aromatic carbocycles. The lowest BCUT2D eigenvalue weighted by atomic mass is 9.89. The van der Waals surface area contributed by atoms with Crippen LogP contribution >= 0.6 is 23.2 Å². The van der Waals surface area contributed by atoms with E-state index in [1.807, 2.05) is 18.0 Å². The maximum absolute atomic E-state index is 15.2. The second-order valence-electron chi connectivity index (χ2n) is 11.2. The molecule has 2 N–H and O–H groups in total. The van der Waals surface area contributed by atoms with Crippen molar-refractivity contribution >= 4 is 46.5 Å². The molecule has 0 saturated carbocycles. The van der Waals surface area contributed by atoms with E-state index in [4.69, 9.17) is 37.9 Å². The zero-order valence-electron chi connectivity index (χ0n) is 24.5. The number of benzene rings is 3. The van der Waals surface area contributed by atoms with Crippen LogP contribution in [0.2, 0.25) is 10.0 Å². The number of ether oxygens (including phenoxy) is 1. The fourth-order valence-corrected chi connectivity index (χ4v) is 6.05. The fraction of sp³-hybridized carbons (Fsp3) is 0.294. The number of aliphatic imine (C=N–C) groups is 1. The third-order valence-corrected chi connectivity index (χ3v) is 8.96. The lowest BCUT2D eigenvalue weighted by Crippen LogP contribution is -2.51. The van der Waals surface area contributed by atoms with Crippen LogP contribution in [0.15, 0.2) is 65.8 Å². The average Bonchev–Trinajstić information content (AvgIpc) is 3.17. The molecule has 8 nitrogen and oxygen atoms in total. The summed E-state index contributed by atoms with van der Waals surface area (Å²) >= 11 is 13.0. The summed E-state index contributed by atoms with van der Waals surface area (Å²) in [4.78, 5) is 29.2. The van der Waals surface area contributed by atoms with Gasteiger partial charge in [0.1, 0.15) is 11.6 Å². The minimum atomic E-state index is -0.455. The monoisotopic (exact) mass is 648 g/mol. The van der Waals surface area contributed by atoms with Crippen LogP contribution in [0.3, 0.4) is 0 Å². The van der Waals surface area contributed by atoms with Crippen LogP contribution in [0, 0.1) is 5.82 Å². The number of halogens is 3. The highest BCUT2D eigenvalue weighted by molar-refractivity contribution is 6.34. The first kappa shape index (κ1) is 32.3. The Morgan fingerprint density at radius 1 is 1.07 bits per heavy atom. The van der Waals surface area contributed by atoms with Crippen LogP contribution in [0.4, 0.5) is 16.0 Å². The Balaban J connectivity index is 0.00000400. The van der Waals surface area contributed by atoms with Gasteiger partial charge in [0.25, 0.3) is 5.91 Å². The molecule has 0 unspecified atom stereocenters. The quantitative estimate of drug-likeness (QED) is 0.224. The topological polar surface area (TPSA) is 91.7 Å². The third kappa shape index (κ3) is 6.38. The maximum atomic E-state index is 15.2. The normalized spacial score (nSPS) is 15.2. The molecule has 1 aromatic heterocycles. The van der Waals surface area contributed by atoms with Crippen LogP contribution in [0.25, 0.3) is 11.3 Å². The van der Waals surface area contributed by atoms with E-state index in [0.29, 0.717) is 63.1 Å². The summed E-state index contributed by atoms with van der Waals surface area (Å²) in [5.41, 5.74) is 4.54. The van der Waals surface area contributed by atoms with Gasteiger partial charge in [0.05, 0.1) is 41.2 Å². The Bertz CT molecular complexity index is 1790. The molecule has 0 radical (unpaired) electrons. The Kier molecular flexibility index (Phi) is 9.44. The summed E-state index contributed by atoms with van der Waals surface area (Å²) in [6.07, 6.45) is 3.44. The molecule has 3 heterocycles. The number of likely N-dealkylation sites (tertiary alicyclic amines) is 1. The fourth-order valence-electron chi connectivity index (χ4n) is 5.62. The molecule has 0 aliphatic carbocycles. The van der Waals surface area contributed by atoms with Gasteiger partial charge in [-0.05, 0) is 69.3 Å². The zero-order chi connectivity index (χ0) is 31.0. The Morgan fingerprint density at radius 2 is 1.84 bits per heavy atom. The molecule has 234 valence electrons. The van der Waals surface area contributed by atoms with Crippen LogP contribution in [-0.2, 0) is 6.54 Å². The van der Waals surface area contributed by atoms with Crippen molar-refractivity contribution in [1.82, 2.24) is 20.2 Å². The van der Waals surface area contributed by atoms with Gasteiger partial charge < -0.3 is 20.3 Å². The summed E-state index contributed by atoms with van der Waals surface area (Å²) in [7, 11) is 3.45. The summed E-state index contributed by atoms with van der Waals surface area (Å²) in [5, 5.41) is 7.38. The number of hydrogen-bond donors (Lipinski definition) is 2. The van der Waals surface area contributed by atoms with Gasteiger partial charge in [-0.1, -0.05) is 42.8 Å². The molecule has 4 aromatic rings. The highest BCUT2D eigenvalue weighted by Gasteiger charge is 2.31. The van der Waals surface area contributed by atoms with Crippen molar-refractivity contribution in [1.29, 1.82) is 0 Å². The largest absolute Gasteiger partial charge is 0.496 e. The van der Waals surface area contributed by atoms with Gasteiger partial charge in [-0.15, -0.1) is 0 Å².